The van der Waals surface area contributed by atoms with Crippen molar-refractivity contribution in [2.45, 2.75) is 65.5 Å². The molecule has 0 heterocycles. The number of guanidine groups is 1. The molecule has 1 fully saturated rings. The van der Waals surface area contributed by atoms with Crippen LogP contribution in [0.4, 0.5) is 0 Å². The maximum absolute atomic E-state index is 11.7. The Kier molecular flexibility index (Phi) is 6.49. The molecular weight excluding hydrogens is 266 g/mol. The van der Waals surface area contributed by atoms with E-state index in [-0.39, 0.29) is 12.5 Å². The summed E-state index contributed by atoms with van der Waals surface area (Å²) in [7, 11) is 1.72. The molecule has 1 rings (SSSR count). The quantitative estimate of drug-likeness (QED) is 0.477. The molecule has 2 N–H and O–H groups in total. The molecule has 5 heteroatoms. The molecule has 2 atom stereocenters. The lowest BCUT2D eigenvalue weighted by molar-refractivity contribution is -0.153. The van der Waals surface area contributed by atoms with Gasteiger partial charge in [0.1, 0.15) is 12.1 Å². The molecule has 21 heavy (non-hydrogen) atoms. The standard InChI is InChI=1S/C16H31N3O2/c1-11-7-12(2)9-13(8-11)19-15(17-6)18-10-14(20)21-16(3,4)5/h11-13H,7-10H2,1-6H3,(H2,17,18,19). The van der Waals surface area contributed by atoms with Crippen LogP contribution in [0.2, 0.25) is 0 Å². The average Bonchev–Trinajstić information content (AvgIpc) is 2.31. The van der Waals surface area contributed by atoms with E-state index in [0.29, 0.717) is 12.0 Å². The summed E-state index contributed by atoms with van der Waals surface area (Å²) in [5.41, 5.74) is -0.454. The van der Waals surface area contributed by atoms with Gasteiger partial charge in [-0.05, 0) is 51.9 Å². The summed E-state index contributed by atoms with van der Waals surface area (Å²) in [6.07, 6.45) is 3.59. The highest BCUT2D eigenvalue weighted by Crippen LogP contribution is 2.28. The van der Waals surface area contributed by atoms with Gasteiger partial charge >= 0.3 is 5.97 Å². The van der Waals surface area contributed by atoms with E-state index >= 15 is 0 Å². The molecule has 0 aromatic rings. The minimum absolute atomic E-state index is 0.134. The maximum Gasteiger partial charge on any atom is 0.325 e. The smallest absolute Gasteiger partial charge is 0.325 e. The SMILES string of the molecule is CN=C(NCC(=O)OC(C)(C)C)NC1CC(C)CC(C)C1. The summed E-state index contributed by atoms with van der Waals surface area (Å²) in [6, 6.07) is 0.425. The number of rotatable bonds is 3. The zero-order valence-electron chi connectivity index (χ0n) is 14.3. The van der Waals surface area contributed by atoms with Crippen LogP contribution in [0.25, 0.3) is 0 Å². The van der Waals surface area contributed by atoms with Gasteiger partial charge in [-0.15, -0.1) is 0 Å². The number of ether oxygens (including phenoxy) is 1. The lowest BCUT2D eigenvalue weighted by Crippen LogP contribution is -2.48. The molecule has 0 saturated heterocycles. The Morgan fingerprint density at radius 2 is 1.76 bits per heavy atom. The topological polar surface area (TPSA) is 62.7 Å². The molecule has 0 amide bonds. The first-order chi connectivity index (χ1) is 9.69. The summed E-state index contributed by atoms with van der Waals surface area (Å²) >= 11 is 0. The van der Waals surface area contributed by atoms with Gasteiger partial charge in [-0.1, -0.05) is 13.8 Å². The number of aliphatic imine (C=N–C) groups is 1. The normalized spacial score (nSPS) is 27.1. The van der Waals surface area contributed by atoms with Crippen molar-refractivity contribution in [2.24, 2.45) is 16.8 Å². The van der Waals surface area contributed by atoms with Gasteiger partial charge in [-0.25, -0.2) is 0 Å². The van der Waals surface area contributed by atoms with Crippen molar-refractivity contribution in [2.75, 3.05) is 13.6 Å². The second kappa shape index (κ2) is 7.66. The molecule has 122 valence electrons. The minimum atomic E-state index is -0.454. The lowest BCUT2D eigenvalue weighted by Gasteiger charge is -2.32. The Morgan fingerprint density at radius 1 is 1.19 bits per heavy atom. The number of carbonyl (C=O) groups excluding carboxylic acids is 1. The number of carbonyl (C=O) groups is 1. The zero-order valence-corrected chi connectivity index (χ0v) is 14.3. The third-order valence-corrected chi connectivity index (χ3v) is 3.56. The van der Waals surface area contributed by atoms with Gasteiger partial charge < -0.3 is 15.4 Å². The summed E-state index contributed by atoms with van der Waals surface area (Å²) in [6.45, 7) is 10.3. The van der Waals surface area contributed by atoms with E-state index in [1.807, 2.05) is 20.8 Å². The van der Waals surface area contributed by atoms with E-state index in [4.69, 9.17) is 4.74 Å². The van der Waals surface area contributed by atoms with Gasteiger partial charge in [-0.3, -0.25) is 9.79 Å². The molecule has 1 aliphatic rings. The van der Waals surface area contributed by atoms with E-state index < -0.39 is 5.60 Å². The monoisotopic (exact) mass is 297 g/mol. The summed E-state index contributed by atoms with van der Waals surface area (Å²) in [5.74, 6) is 1.87. The van der Waals surface area contributed by atoms with Crippen molar-refractivity contribution < 1.29 is 9.53 Å². The van der Waals surface area contributed by atoms with Crippen molar-refractivity contribution in [3.8, 4) is 0 Å². The van der Waals surface area contributed by atoms with Gasteiger partial charge in [0.05, 0.1) is 0 Å². The minimum Gasteiger partial charge on any atom is -0.459 e. The fourth-order valence-corrected chi connectivity index (χ4v) is 2.99. The largest absolute Gasteiger partial charge is 0.459 e. The first-order valence-electron chi connectivity index (χ1n) is 7.88. The van der Waals surface area contributed by atoms with Crippen LogP contribution in [-0.4, -0.2) is 37.2 Å². The predicted molar refractivity (Wildman–Crippen MR) is 86.3 cm³/mol. The van der Waals surface area contributed by atoms with Crippen LogP contribution < -0.4 is 10.6 Å². The van der Waals surface area contributed by atoms with Gasteiger partial charge in [0.25, 0.3) is 0 Å². The Balaban J connectivity index is 2.40. The van der Waals surface area contributed by atoms with Crippen LogP contribution in [0.1, 0.15) is 53.9 Å². The van der Waals surface area contributed by atoms with Crippen LogP contribution in [0.5, 0.6) is 0 Å². The van der Waals surface area contributed by atoms with Crippen molar-refractivity contribution in [1.29, 1.82) is 0 Å². The van der Waals surface area contributed by atoms with Crippen LogP contribution in [0.15, 0.2) is 4.99 Å². The summed E-state index contributed by atoms with van der Waals surface area (Å²) in [4.78, 5) is 15.9. The van der Waals surface area contributed by atoms with Gasteiger partial charge in [-0.2, -0.15) is 0 Å². The second-order valence-corrected chi connectivity index (χ2v) is 7.27. The average molecular weight is 297 g/mol. The second-order valence-electron chi connectivity index (χ2n) is 7.27. The number of hydrogen-bond donors (Lipinski definition) is 2. The summed E-state index contributed by atoms with van der Waals surface area (Å²) in [5, 5.41) is 6.45. The predicted octanol–water partition coefficient (Wildman–Crippen LogP) is 2.32. The Bertz CT molecular complexity index is 364. The first kappa shape index (κ1) is 17.8. The van der Waals surface area contributed by atoms with Crippen molar-refractivity contribution in [3.05, 3.63) is 0 Å². The lowest BCUT2D eigenvalue weighted by atomic mass is 9.80. The molecule has 0 aromatic carbocycles. The molecule has 0 aromatic heterocycles. The van der Waals surface area contributed by atoms with Crippen LogP contribution >= 0.6 is 0 Å². The fraction of sp³-hybridized carbons (Fsp3) is 0.875. The van der Waals surface area contributed by atoms with E-state index in [1.54, 1.807) is 7.05 Å². The molecule has 0 aliphatic heterocycles. The Labute approximate surface area is 128 Å². The van der Waals surface area contributed by atoms with E-state index in [9.17, 15) is 4.79 Å². The molecular formula is C16H31N3O2. The van der Waals surface area contributed by atoms with Gasteiger partial charge in [0.15, 0.2) is 5.96 Å². The Morgan fingerprint density at radius 3 is 2.24 bits per heavy atom. The molecule has 0 radical (unpaired) electrons. The van der Waals surface area contributed by atoms with Crippen molar-refractivity contribution >= 4 is 11.9 Å². The number of hydrogen-bond acceptors (Lipinski definition) is 3. The molecule has 5 nitrogen and oxygen atoms in total. The number of nitrogens with zero attached hydrogens (tertiary/aromatic N) is 1. The summed E-state index contributed by atoms with van der Waals surface area (Å²) < 4.78 is 5.27. The van der Waals surface area contributed by atoms with Crippen LogP contribution in [0, 0.1) is 11.8 Å². The number of esters is 1. The van der Waals surface area contributed by atoms with Crippen LogP contribution in [0.3, 0.4) is 0 Å². The van der Waals surface area contributed by atoms with Crippen LogP contribution in [-0.2, 0) is 9.53 Å². The van der Waals surface area contributed by atoms with E-state index in [1.165, 1.54) is 6.42 Å². The van der Waals surface area contributed by atoms with Gasteiger partial charge in [0, 0.05) is 13.1 Å². The highest BCUT2D eigenvalue weighted by Gasteiger charge is 2.24. The molecule has 1 saturated carbocycles. The molecule has 2 unspecified atom stereocenters. The highest BCUT2D eigenvalue weighted by molar-refractivity contribution is 5.84. The van der Waals surface area contributed by atoms with Crippen molar-refractivity contribution in [3.63, 3.8) is 0 Å². The van der Waals surface area contributed by atoms with Gasteiger partial charge in [0.2, 0.25) is 0 Å². The highest BCUT2D eigenvalue weighted by atomic mass is 16.6. The number of nitrogens with one attached hydrogen (secondary N) is 2. The van der Waals surface area contributed by atoms with E-state index in [2.05, 4.69) is 29.5 Å². The first-order valence-corrected chi connectivity index (χ1v) is 7.88. The molecule has 1 aliphatic carbocycles. The molecule has 0 bridgehead atoms. The molecule has 0 spiro atoms. The van der Waals surface area contributed by atoms with E-state index in [0.717, 1.165) is 24.7 Å². The third-order valence-electron chi connectivity index (χ3n) is 3.56. The third kappa shape index (κ3) is 7.34. The zero-order chi connectivity index (χ0) is 16.0. The fourth-order valence-electron chi connectivity index (χ4n) is 2.99. The Hall–Kier alpha value is -1.26. The van der Waals surface area contributed by atoms with Crippen molar-refractivity contribution in [1.82, 2.24) is 10.6 Å². The maximum atomic E-state index is 11.7.